The van der Waals surface area contributed by atoms with Gasteiger partial charge in [0.1, 0.15) is 0 Å². The molecule has 0 aliphatic heterocycles. The van der Waals surface area contributed by atoms with E-state index in [-0.39, 0.29) is 28.5 Å². The maximum atomic E-state index is 12.9. The number of anilines is 1. The van der Waals surface area contributed by atoms with E-state index >= 15 is 0 Å². The Morgan fingerprint density at radius 1 is 1.06 bits per heavy atom. The smallest absolute Gasteiger partial charge is 0.253 e. The number of hydrogen-bond donors (Lipinski definition) is 2. The first-order chi connectivity index (χ1) is 16.6. The molecule has 3 aromatic rings. The number of carbonyl (C=O) groups is 2. The van der Waals surface area contributed by atoms with Gasteiger partial charge in [-0.05, 0) is 55.7 Å². The zero-order chi connectivity index (χ0) is 25.7. The second kappa shape index (κ2) is 12.1. The van der Waals surface area contributed by atoms with E-state index in [0.29, 0.717) is 38.8 Å². The molecule has 1 aromatic heterocycles. The number of rotatable bonds is 9. The standard InChI is InChI=1S/C24H26Cl3N5O2S/c1-5-32-22(21(13(2)3)29-23(34)17-9-7-15(25)10-19(17)27)30-31-24(32)35-12-20(33)28-16-8-6-14(4)18(26)11-16/h6-11,13,21H,5,12H2,1-4H3,(H,28,33)(H,29,34)/t21-/m0/s1. The number of nitrogens with zero attached hydrogens (tertiary/aromatic N) is 3. The van der Waals surface area contributed by atoms with Crippen LogP contribution in [0, 0.1) is 12.8 Å². The van der Waals surface area contributed by atoms with Crippen molar-refractivity contribution in [3.8, 4) is 0 Å². The first kappa shape index (κ1) is 27.3. The predicted molar refractivity (Wildman–Crippen MR) is 143 cm³/mol. The van der Waals surface area contributed by atoms with Crippen LogP contribution in [0.4, 0.5) is 5.69 Å². The Bertz CT molecular complexity index is 1230. The van der Waals surface area contributed by atoms with Gasteiger partial charge in [-0.15, -0.1) is 10.2 Å². The third-order valence-electron chi connectivity index (χ3n) is 5.26. The Balaban J connectivity index is 1.72. The fourth-order valence-electron chi connectivity index (χ4n) is 3.35. The Morgan fingerprint density at radius 3 is 2.43 bits per heavy atom. The van der Waals surface area contributed by atoms with Crippen molar-refractivity contribution in [2.45, 2.75) is 45.4 Å². The van der Waals surface area contributed by atoms with Crippen LogP contribution in [-0.4, -0.2) is 32.3 Å². The Hall–Kier alpha value is -2.26. The van der Waals surface area contributed by atoms with Gasteiger partial charge in [-0.3, -0.25) is 9.59 Å². The Kier molecular flexibility index (Phi) is 9.47. The van der Waals surface area contributed by atoms with Crippen molar-refractivity contribution < 1.29 is 9.59 Å². The summed E-state index contributed by atoms with van der Waals surface area (Å²) >= 11 is 19.6. The quantitative estimate of drug-likeness (QED) is 0.298. The van der Waals surface area contributed by atoms with Crippen LogP contribution in [0.1, 0.15) is 48.6 Å². The predicted octanol–water partition coefficient (Wildman–Crippen LogP) is 6.42. The molecule has 0 aliphatic rings. The van der Waals surface area contributed by atoms with Gasteiger partial charge in [-0.1, -0.05) is 66.5 Å². The van der Waals surface area contributed by atoms with Crippen LogP contribution in [-0.2, 0) is 11.3 Å². The van der Waals surface area contributed by atoms with Gasteiger partial charge in [0, 0.05) is 22.3 Å². The van der Waals surface area contributed by atoms with Gasteiger partial charge in [0.25, 0.3) is 5.91 Å². The van der Waals surface area contributed by atoms with Crippen molar-refractivity contribution in [3.05, 3.63) is 68.4 Å². The second-order valence-corrected chi connectivity index (χ2v) is 10.4. The van der Waals surface area contributed by atoms with Crippen LogP contribution in [0.2, 0.25) is 15.1 Å². The molecule has 2 aromatic carbocycles. The minimum Gasteiger partial charge on any atom is -0.342 e. The lowest BCUT2D eigenvalue weighted by Gasteiger charge is -2.22. The van der Waals surface area contributed by atoms with Crippen LogP contribution < -0.4 is 10.6 Å². The molecule has 0 spiro atoms. The molecule has 3 rings (SSSR count). The highest BCUT2D eigenvalue weighted by Crippen LogP contribution is 2.27. The summed E-state index contributed by atoms with van der Waals surface area (Å²) in [5, 5.41) is 16.4. The zero-order valence-electron chi connectivity index (χ0n) is 19.7. The summed E-state index contributed by atoms with van der Waals surface area (Å²) in [4.78, 5) is 25.4. The molecule has 0 fully saturated rings. The topological polar surface area (TPSA) is 88.9 Å². The molecular weight excluding hydrogens is 529 g/mol. The number of aromatic nitrogens is 3. The number of benzene rings is 2. The molecule has 35 heavy (non-hydrogen) atoms. The second-order valence-electron chi connectivity index (χ2n) is 8.21. The van der Waals surface area contributed by atoms with E-state index in [2.05, 4.69) is 20.8 Å². The van der Waals surface area contributed by atoms with Gasteiger partial charge >= 0.3 is 0 Å². The van der Waals surface area contributed by atoms with Crippen LogP contribution in [0.15, 0.2) is 41.6 Å². The van der Waals surface area contributed by atoms with Gasteiger partial charge in [-0.2, -0.15) is 0 Å². The third kappa shape index (κ3) is 6.91. The van der Waals surface area contributed by atoms with E-state index in [0.717, 1.165) is 5.56 Å². The lowest BCUT2D eigenvalue weighted by atomic mass is 10.0. The van der Waals surface area contributed by atoms with Crippen molar-refractivity contribution in [2.24, 2.45) is 5.92 Å². The summed E-state index contributed by atoms with van der Waals surface area (Å²) in [5.41, 5.74) is 1.90. The minimum absolute atomic E-state index is 0.0203. The first-order valence-corrected chi connectivity index (χ1v) is 13.1. The fraction of sp³-hybridized carbons (Fsp3) is 0.333. The summed E-state index contributed by atoms with van der Waals surface area (Å²) in [7, 11) is 0. The molecule has 0 radical (unpaired) electrons. The molecule has 2 amide bonds. The SMILES string of the molecule is CCn1c(SCC(=O)Nc2ccc(C)c(Cl)c2)nnc1[C@@H](NC(=O)c1ccc(Cl)cc1Cl)C(C)C. The highest BCUT2D eigenvalue weighted by atomic mass is 35.5. The summed E-state index contributed by atoms with van der Waals surface area (Å²) in [6, 6.07) is 9.69. The van der Waals surface area contributed by atoms with Crippen molar-refractivity contribution in [2.75, 3.05) is 11.1 Å². The molecule has 0 saturated carbocycles. The van der Waals surface area contributed by atoms with E-state index in [1.165, 1.54) is 17.8 Å². The van der Waals surface area contributed by atoms with Crippen LogP contribution in [0.5, 0.6) is 0 Å². The van der Waals surface area contributed by atoms with Gasteiger partial charge in [0.05, 0.1) is 22.4 Å². The molecule has 1 atom stereocenters. The maximum absolute atomic E-state index is 12.9. The van der Waals surface area contributed by atoms with Gasteiger partial charge in [0.15, 0.2) is 11.0 Å². The molecule has 0 unspecified atom stereocenters. The molecule has 0 bridgehead atoms. The van der Waals surface area contributed by atoms with Gasteiger partial charge in [-0.25, -0.2) is 0 Å². The average molecular weight is 555 g/mol. The normalized spacial score (nSPS) is 12.0. The van der Waals surface area contributed by atoms with Crippen molar-refractivity contribution in [1.29, 1.82) is 0 Å². The van der Waals surface area contributed by atoms with E-state index in [1.54, 1.807) is 24.3 Å². The third-order valence-corrected chi connectivity index (χ3v) is 7.18. The number of halogens is 3. The summed E-state index contributed by atoms with van der Waals surface area (Å²) < 4.78 is 1.90. The minimum atomic E-state index is -0.417. The zero-order valence-corrected chi connectivity index (χ0v) is 22.8. The molecule has 0 saturated heterocycles. The first-order valence-electron chi connectivity index (χ1n) is 11.0. The number of aryl methyl sites for hydroxylation is 1. The van der Waals surface area contributed by atoms with E-state index < -0.39 is 6.04 Å². The van der Waals surface area contributed by atoms with E-state index in [1.807, 2.05) is 38.3 Å². The Morgan fingerprint density at radius 2 is 1.80 bits per heavy atom. The van der Waals surface area contributed by atoms with Crippen molar-refractivity contribution in [3.63, 3.8) is 0 Å². The molecule has 11 heteroatoms. The molecular formula is C24H26Cl3N5O2S. The van der Waals surface area contributed by atoms with Crippen molar-refractivity contribution in [1.82, 2.24) is 20.1 Å². The molecule has 186 valence electrons. The summed E-state index contributed by atoms with van der Waals surface area (Å²) in [6.45, 7) is 8.39. The fourth-order valence-corrected chi connectivity index (χ4v) is 4.84. The van der Waals surface area contributed by atoms with Crippen molar-refractivity contribution >= 4 is 64.1 Å². The summed E-state index contributed by atoms with van der Waals surface area (Å²) in [5.74, 6) is 0.249. The number of nitrogens with one attached hydrogen (secondary N) is 2. The van der Waals surface area contributed by atoms with E-state index in [9.17, 15) is 9.59 Å². The lowest BCUT2D eigenvalue weighted by Crippen LogP contribution is -2.34. The number of amides is 2. The summed E-state index contributed by atoms with van der Waals surface area (Å²) in [6.07, 6.45) is 0. The van der Waals surface area contributed by atoms with Crippen LogP contribution in [0.25, 0.3) is 0 Å². The number of thioether (sulfide) groups is 1. The average Bonchev–Trinajstić information content (AvgIpc) is 3.20. The lowest BCUT2D eigenvalue weighted by molar-refractivity contribution is -0.113. The van der Waals surface area contributed by atoms with Gasteiger partial charge in [0.2, 0.25) is 5.91 Å². The monoisotopic (exact) mass is 553 g/mol. The number of hydrogen-bond acceptors (Lipinski definition) is 5. The number of carbonyl (C=O) groups excluding carboxylic acids is 2. The maximum Gasteiger partial charge on any atom is 0.253 e. The molecule has 0 aliphatic carbocycles. The largest absolute Gasteiger partial charge is 0.342 e. The van der Waals surface area contributed by atoms with Crippen LogP contribution in [0.3, 0.4) is 0 Å². The highest BCUT2D eigenvalue weighted by Gasteiger charge is 2.27. The molecule has 7 nitrogen and oxygen atoms in total. The van der Waals surface area contributed by atoms with Crippen LogP contribution >= 0.6 is 46.6 Å². The molecule has 2 N–H and O–H groups in total. The highest BCUT2D eigenvalue weighted by molar-refractivity contribution is 7.99. The molecule has 1 heterocycles. The van der Waals surface area contributed by atoms with Gasteiger partial charge < -0.3 is 15.2 Å². The van der Waals surface area contributed by atoms with E-state index in [4.69, 9.17) is 34.8 Å². The Labute approximate surface area is 223 Å².